The van der Waals surface area contributed by atoms with Crippen LogP contribution in [-0.2, 0) is 4.79 Å². The number of hydrogen-bond acceptors (Lipinski definition) is 2. The Morgan fingerprint density at radius 2 is 2.12 bits per heavy atom. The minimum Gasteiger partial charge on any atom is -0.274 e. The molecule has 0 atom stereocenters. The lowest BCUT2D eigenvalue weighted by molar-refractivity contribution is -0.118. The summed E-state index contributed by atoms with van der Waals surface area (Å²) >= 11 is 4.00. The van der Waals surface area contributed by atoms with E-state index in [0.717, 1.165) is 1.73 Å². The number of hydrazone groups is 1. The molecule has 0 aromatic rings. The lowest BCUT2D eigenvalue weighted by Gasteiger charge is -1.87. The number of amides is 1. The van der Waals surface area contributed by atoms with Crippen LogP contribution in [0.4, 0.5) is 0 Å². The second-order valence-electron chi connectivity index (χ2n) is 1.02. The molecule has 0 saturated carbocycles. The zero-order chi connectivity index (χ0) is 6.57. The van der Waals surface area contributed by atoms with Crippen LogP contribution < -0.4 is 5.43 Å². The summed E-state index contributed by atoms with van der Waals surface area (Å²) in [4.78, 5) is 10.1. The van der Waals surface area contributed by atoms with E-state index in [2.05, 4.69) is 10.5 Å². The highest BCUT2D eigenvalue weighted by atomic mass is 127. The molecule has 0 aliphatic carbocycles. The van der Waals surface area contributed by atoms with Gasteiger partial charge in [-0.15, -0.1) is 0 Å². The van der Waals surface area contributed by atoms with Gasteiger partial charge in [-0.25, -0.2) is 5.43 Å². The Kier molecular flexibility index (Phi) is 4.81. The van der Waals surface area contributed by atoms with Crippen LogP contribution in [0.3, 0.4) is 0 Å². The van der Waals surface area contributed by atoms with Crippen molar-refractivity contribution in [2.75, 3.05) is 0 Å². The summed E-state index contributed by atoms with van der Waals surface area (Å²) in [5.41, 5.74) is 2.28. The second-order valence-corrected chi connectivity index (χ2v) is 5.13. The van der Waals surface area contributed by atoms with E-state index >= 15 is 0 Å². The maximum Gasteiger partial charge on any atom is 0.236 e. The summed E-state index contributed by atoms with van der Waals surface area (Å²) < 4.78 is 0.787. The maximum absolute atomic E-state index is 10.1. The topological polar surface area (TPSA) is 41.5 Å². The normalized spacial score (nSPS) is 7.88. The highest BCUT2D eigenvalue weighted by Gasteiger charge is 1.84. The lowest BCUT2D eigenvalue weighted by atomic mass is 10.8. The fourth-order valence-corrected chi connectivity index (χ4v) is 0.362. The minimum atomic E-state index is -0.143. The average Bonchev–Trinajstić information content (AvgIpc) is 1.61. The Morgan fingerprint density at radius 3 is 2.25 bits per heavy atom. The number of carbonyl (C=O) groups excluding carboxylic acids is 1. The molecule has 0 aromatic carbocycles. The molecule has 5 heteroatoms. The summed E-state index contributed by atoms with van der Waals surface area (Å²) in [6.07, 6.45) is 0. The maximum atomic E-state index is 10.1. The molecular weight excluding hydrogens is 334 g/mol. The predicted octanol–water partition coefficient (Wildman–Crippen LogP) is 1.26. The summed E-state index contributed by atoms with van der Waals surface area (Å²) in [5.74, 6) is -0.143. The monoisotopic (exact) mass is 338 g/mol. The number of nitrogens with zero attached hydrogens (tertiary/aromatic N) is 1. The van der Waals surface area contributed by atoms with Crippen molar-refractivity contribution in [2.45, 2.75) is 6.92 Å². The Bertz CT molecular complexity index is 118. The standard InChI is InChI=1S/C3H4I2N2O/c1-2(8)6-7-3(4)5/h1H3,(H,6,8). The summed E-state index contributed by atoms with van der Waals surface area (Å²) in [7, 11) is 0. The van der Waals surface area contributed by atoms with Gasteiger partial charge in [0.05, 0.1) is 0 Å². The molecule has 0 aliphatic heterocycles. The first-order chi connectivity index (χ1) is 3.63. The number of hydrogen-bond donors (Lipinski definition) is 1. The molecule has 0 radical (unpaired) electrons. The molecule has 0 bridgehead atoms. The summed E-state index contributed by atoms with van der Waals surface area (Å²) in [6, 6.07) is 0. The number of rotatable bonds is 1. The van der Waals surface area contributed by atoms with Crippen LogP contribution in [0.2, 0.25) is 0 Å². The molecule has 0 aromatic heterocycles. The van der Waals surface area contributed by atoms with Crippen molar-refractivity contribution in [2.24, 2.45) is 5.10 Å². The van der Waals surface area contributed by atoms with Gasteiger partial charge in [0, 0.05) is 6.92 Å². The molecule has 0 unspecified atom stereocenters. The predicted molar refractivity (Wildman–Crippen MR) is 49.3 cm³/mol. The number of halogens is 2. The Morgan fingerprint density at radius 1 is 1.62 bits per heavy atom. The number of carbonyl (C=O) groups is 1. The van der Waals surface area contributed by atoms with Crippen molar-refractivity contribution in [1.82, 2.24) is 5.43 Å². The van der Waals surface area contributed by atoms with Crippen LogP contribution >= 0.6 is 45.2 Å². The molecule has 0 rings (SSSR count). The van der Waals surface area contributed by atoms with Gasteiger partial charge in [-0.05, 0) is 45.2 Å². The Labute approximate surface area is 74.6 Å². The summed E-state index contributed by atoms with van der Waals surface area (Å²) in [5, 5.41) is 3.61. The second kappa shape index (κ2) is 4.48. The van der Waals surface area contributed by atoms with Gasteiger partial charge in [0.25, 0.3) is 0 Å². The van der Waals surface area contributed by atoms with Crippen molar-refractivity contribution in [3.05, 3.63) is 0 Å². The third-order valence-corrected chi connectivity index (χ3v) is 0.780. The first-order valence-electron chi connectivity index (χ1n) is 1.78. The van der Waals surface area contributed by atoms with E-state index in [1.807, 2.05) is 45.2 Å². The van der Waals surface area contributed by atoms with Gasteiger partial charge in [-0.2, -0.15) is 5.10 Å². The highest BCUT2D eigenvalue weighted by molar-refractivity contribution is 14.2. The van der Waals surface area contributed by atoms with Gasteiger partial charge in [0.1, 0.15) is 0 Å². The molecule has 1 amide bonds. The first-order valence-corrected chi connectivity index (χ1v) is 3.94. The van der Waals surface area contributed by atoms with Gasteiger partial charge in [-0.3, -0.25) is 4.79 Å². The SMILES string of the molecule is CC(=O)NN=C(I)I. The van der Waals surface area contributed by atoms with E-state index in [0.29, 0.717) is 0 Å². The van der Waals surface area contributed by atoms with Crippen LogP contribution in [0, 0.1) is 0 Å². The molecule has 46 valence electrons. The molecule has 0 heterocycles. The summed E-state index contributed by atoms with van der Waals surface area (Å²) in [6.45, 7) is 1.42. The average molecular weight is 338 g/mol. The van der Waals surface area contributed by atoms with E-state index in [1.165, 1.54) is 6.92 Å². The van der Waals surface area contributed by atoms with Crippen molar-refractivity contribution in [3.63, 3.8) is 0 Å². The van der Waals surface area contributed by atoms with Gasteiger partial charge in [0.15, 0.2) is 1.73 Å². The van der Waals surface area contributed by atoms with Gasteiger partial charge in [0.2, 0.25) is 5.91 Å². The van der Waals surface area contributed by atoms with Crippen molar-refractivity contribution in [3.8, 4) is 0 Å². The van der Waals surface area contributed by atoms with Crippen LogP contribution in [0.1, 0.15) is 6.92 Å². The van der Waals surface area contributed by atoms with Crippen LogP contribution in [-0.4, -0.2) is 7.63 Å². The molecule has 3 nitrogen and oxygen atoms in total. The zero-order valence-corrected chi connectivity index (χ0v) is 8.43. The van der Waals surface area contributed by atoms with Crippen molar-refractivity contribution < 1.29 is 4.79 Å². The van der Waals surface area contributed by atoms with Gasteiger partial charge < -0.3 is 0 Å². The smallest absolute Gasteiger partial charge is 0.236 e. The fraction of sp³-hybridized carbons (Fsp3) is 0.333. The Balaban J connectivity index is 3.45. The van der Waals surface area contributed by atoms with E-state index in [1.54, 1.807) is 0 Å². The van der Waals surface area contributed by atoms with E-state index in [-0.39, 0.29) is 5.91 Å². The number of nitrogens with one attached hydrogen (secondary N) is 1. The zero-order valence-electron chi connectivity index (χ0n) is 4.11. The van der Waals surface area contributed by atoms with E-state index in [9.17, 15) is 4.79 Å². The highest BCUT2D eigenvalue weighted by Crippen LogP contribution is 1.97. The van der Waals surface area contributed by atoms with Crippen LogP contribution in [0.5, 0.6) is 0 Å². The minimum absolute atomic E-state index is 0.143. The molecule has 0 spiro atoms. The van der Waals surface area contributed by atoms with Crippen molar-refractivity contribution in [1.29, 1.82) is 0 Å². The first kappa shape index (κ1) is 8.60. The van der Waals surface area contributed by atoms with Crippen LogP contribution in [0.15, 0.2) is 5.10 Å². The molecule has 0 fully saturated rings. The quantitative estimate of drug-likeness (QED) is 0.437. The van der Waals surface area contributed by atoms with Crippen molar-refractivity contribution >= 4 is 52.8 Å². The molecule has 0 aliphatic rings. The van der Waals surface area contributed by atoms with Gasteiger partial charge >= 0.3 is 0 Å². The molecule has 1 N–H and O–H groups in total. The lowest BCUT2D eigenvalue weighted by Crippen LogP contribution is -2.12. The molecule has 0 saturated heterocycles. The largest absolute Gasteiger partial charge is 0.274 e. The van der Waals surface area contributed by atoms with Crippen LogP contribution in [0.25, 0.3) is 0 Å². The third kappa shape index (κ3) is 6.60. The fourth-order valence-electron chi connectivity index (χ4n) is 0.121. The third-order valence-electron chi connectivity index (χ3n) is 0.298. The molecule has 8 heavy (non-hydrogen) atoms. The van der Waals surface area contributed by atoms with E-state index < -0.39 is 0 Å². The van der Waals surface area contributed by atoms with E-state index in [4.69, 9.17) is 0 Å². The Hall–Kier alpha value is 0.600. The van der Waals surface area contributed by atoms with Gasteiger partial charge in [-0.1, -0.05) is 0 Å². The molecular formula is C3H4I2N2O.